The van der Waals surface area contributed by atoms with Crippen LogP contribution >= 0.6 is 24.0 Å². The number of pyridine rings is 1. The zero-order chi connectivity index (χ0) is 16.5. The van der Waals surface area contributed by atoms with Gasteiger partial charge in [0.05, 0.1) is 6.54 Å². The van der Waals surface area contributed by atoms with Gasteiger partial charge in [-0.2, -0.15) is 0 Å². The first-order valence-electron chi connectivity index (χ1n) is 8.81. The maximum atomic E-state index is 6.08. The Morgan fingerprint density at radius 3 is 2.75 bits per heavy atom. The summed E-state index contributed by atoms with van der Waals surface area (Å²) in [4.78, 5) is 9.07. The summed E-state index contributed by atoms with van der Waals surface area (Å²) in [6, 6.07) is 3.99. The highest BCUT2D eigenvalue weighted by Crippen LogP contribution is 2.25. The molecule has 0 atom stereocenters. The highest BCUT2D eigenvalue weighted by Gasteiger charge is 2.18. The van der Waals surface area contributed by atoms with Gasteiger partial charge >= 0.3 is 0 Å². The van der Waals surface area contributed by atoms with Crippen LogP contribution in [0.15, 0.2) is 23.3 Å². The summed E-state index contributed by atoms with van der Waals surface area (Å²) in [5, 5.41) is 6.64. The zero-order valence-electron chi connectivity index (χ0n) is 15.0. The maximum absolute atomic E-state index is 6.08. The maximum Gasteiger partial charge on any atom is 0.218 e. The molecule has 0 spiro atoms. The average Bonchev–Trinajstić information content (AvgIpc) is 3.04. The molecule has 0 bridgehead atoms. The van der Waals surface area contributed by atoms with Gasteiger partial charge in [0.1, 0.15) is 6.10 Å². The van der Waals surface area contributed by atoms with Crippen LogP contribution in [0.3, 0.4) is 0 Å². The Balaban J connectivity index is 0.00000288. The van der Waals surface area contributed by atoms with E-state index in [-0.39, 0.29) is 24.0 Å². The number of rotatable bonds is 7. The lowest BCUT2D eigenvalue weighted by atomic mass is 10.2. The first-order chi connectivity index (χ1) is 11.2. The van der Waals surface area contributed by atoms with E-state index in [1.54, 1.807) is 6.20 Å². The third kappa shape index (κ3) is 7.23. The van der Waals surface area contributed by atoms with E-state index in [4.69, 9.17) is 4.74 Å². The van der Waals surface area contributed by atoms with Crippen molar-refractivity contribution in [2.45, 2.75) is 59.1 Å². The molecule has 1 aliphatic rings. The minimum atomic E-state index is 0. The van der Waals surface area contributed by atoms with Crippen molar-refractivity contribution in [3.05, 3.63) is 23.9 Å². The Kier molecular flexibility index (Phi) is 10.1. The summed E-state index contributed by atoms with van der Waals surface area (Å²) >= 11 is 0. The summed E-state index contributed by atoms with van der Waals surface area (Å²) in [6.07, 6.45) is 6.90. The summed E-state index contributed by atoms with van der Waals surface area (Å²) in [5.41, 5.74) is 1.04. The summed E-state index contributed by atoms with van der Waals surface area (Å²) < 4.78 is 6.08. The van der Waals surface area contributed by atoms with Gasteiger partial charge in [0.15, 0.2) is 5.96 Å². The van der Waals surface area contributed by atoms with Gasteiger partial charge in [-0.25, -0.2) is 9.98 Å². The second kappa shape index (κ2) is 11.5. The summed E-state index contributed by atoms with van der Waals surface area (Å²) in [7, 11) is 0. The van der Waals surface area contributed by atoms with E-state index in [1.807, 2.05) is 12.1 Å². The molecule has 0 amide bonds. The van der Waals surface area contributed by atoms with E-state index in [0.717, 1.165) is 43.3 Å². The largest absolute Gasteiger partial charge is 0.474 e. The number of nitrogens with zero attached hydrogens (tertiary/aromatic N) is 2. The lowest BCUT2D eigenvalue weighted by molar-refractivity contribution is 0.199. The number of aromatic nitrogens is 1. The number of ether oxygens (including phenoxy) is 1. The number of halogens is 1. The van der Waals surface area contributed by atoms with Crippen LogP contribution in [0.2, 0.25) is 0 Å². The fraction of sp³-hybridized carbons (Fsp3) is 0.667. The monoisotopic (exact) mass is 446 g/mol. The third-order valence-corrected chi connectivity index (χ3v) is 3.86. The molecule has 0 aromatic carbocycles. The zero-order valence-corrected chi connectivity index (χ0v) is 17.4. The molecule has 5 nitrogen and oxygen atoms in total. The van der Waals surface area contributed by atoms with Gasteiger partial charge in [0.2, 0.25) is 5.88 Å². The second-order valence-corrected chi connectivity index (χ2v) is 6.46. The van der Waals surface area contributed by atoms with Crippen molar-refractivity contribution in [2.75, 3.05) is 13.1 Å². The minimum Gasteiger partial charge on any atom is -0.474 e. The molecule has 0 saturated heterocycles. The topological polar surface area (TPSA) is 58.5 Å². The molecular formula is C18H31IN4O. The Labute approximate surface area is 163 Å². The number of hydrogen-bond acceptors (Lipinski definition) is 3. The number of nitrogens with one attached hydrogen (secondary N) is 2. The molecule has 24 heavy (non-hydrogen) atoms. The minimum absolute atomic E-state index is 0. The average molecular weight is 446 g/mol. The quantitative estimate of drug-likeness (QED) is 0.381. The highest BCUT2D eigenvalue weighted by molar-refractivity contribution is 14.0. The molecule has 0 unspecified atom stereocenters. The number of guanidine groups is 1. The van der Waals surface area contributed by atoms with Crippen molar-refractivity contribution >= 4 is 29.9 Å². The predicted octanol–water partition coefficient (Wildman–Crippen LogP) is 3.73. The molecule has 1 aliphatic carbocycles. The van der Waals surface area contributed by atoms with Crippen molar-refractivity contribution in [1.82, 2.24) is 15.6 Å². The molecule has 1 aromatic rings. The Hall–Kier alpha value is -1.05. The molecule has 2 N–H and O–H groups in total. The second-order valence-electron chi connectivity index (χ2n) is 6.46. The first kappa shape index (κ1) is 21.0. The van der Waals surface area contributed by atoms with E-state index >= 15 is 0 Å². The molecule has 1 saturated carbocycles. The van der Waals surface area contributed by atoms with Crippen LogP contribution < -0.4 is 15.4 Å². The van der Waals surface area contributed by atoms with Crippen LogP contribution in [0.4, 0.5) is 0 Å². The van der Waals surface area contributed by atoms with Gasteiger partial charge in [-0.05, 0) is 44.6 Å². The third-order valence-electron chi connectivity index (χ3n) is 3.86. The summed E-state index contributed by atoms with van der Waals surface area (Å²) in [6.45, 7) is 8.78. The number of hydrogen-bond donors (Lipinski definition) is 2. The normalized spacial score (nSPS) is 15.2. The fourth-order valence-corrected chi connectivity index (χ4v) is 2.62. The van der Waals surface area contributed by atoms with Crippen LogP contribution in [-0.4, -0.2) is 30.1 Å². The Morgan fingerprint density at radius 2 is 2.08 bits per heavy atom. The van der Waals surface area contributed by atoms with Gasteiger partial charge in [0.25, 0.3) is 0 Å². The van der Waals surface area contributed by atoms with Crippen LogP contribution in [0.25, 0.3) is 0 Å². The van der Waals surface area contributed by atoms with Gasteiger partial charge in [-0.3, -0.25) is 0 Å². The smallest absolute Gasteiger partial charge is 0.218 e. The van der Waals surface area contributed by atoms with E-state index < -0.39 is 0 Å². The van der Waals surface area contributed by atoms with E-state index in [1.165, 1.54) is 12.8 Å². The predicted molar refractivity (Wildman–Crippen MR) is 110 cm³/mol. The SMILES string of the molecule is CCNC(=NCc1cccnc1OC1CCCC1)NCC(C)C.I. The van der Waals surface area contributed by atoms with Gasteiger partial charge in [-0.1, -0.05) is 19.9 Å². The lowest BCUT2D eigenvalue weighted by Gasteiger charge is -2.15. The van der Waals surface area contributed by atoms with Crippen molar-refractivity contribution in [1.29, 1.82) is 0 Å². The molecule has 1 fully saturated rings. The van der Waals surface area contributed by atoms with E-state index in [2.05, 4.69) is 41.4 Å². The van der Waals surface area contributed by atoms with Crippen LogP contribution in [0, 0.1) is 5.92 Å². The molecule has 6 heteroatoms. The van der Waals surface area contributed by atoms with E-state index in [9.17, 15) is 0 Å². The fourth-order valence-electron chi connectivity index (χ4n) is 2.62. The molecule has 136 valence electrons. The van der Waals surface area contributed by atoms with Crippen molar-refractivity contribution in [3.63, 3.8) is 0 Å². The van der Waals surface area contributed by atoms with Crippen LogP contribution in [0.5, 0.6) is 5.88 Å². The van der Waals surface area contributed by atoms with Gasteiger partial charge in [0, 0.05) is 24.8 Å². The molecular weight excluding hydrogens is 415 g/mol. The van der Waals surface area contributed by atoms with Gasteiger partial charge < -0.3 is 15.4 Å². The Bertz CT molecular complexity index is 502. The Morgan fingerprint density at radius 1 is 1.33 bits per heavy atom. The lowest BCUT2D eigenvalue weighted by Crippen LogP contribution is -2.39. The first-order valence-corrected chi connectivity index (χ1v) is 8.81. The van der Waals surface area contributed by atoms with Crippen molar-refractivity contribution in [2.24, 2.45) is 10.9 Å². The number of aliphatic imine (C=N–C) groups is 1. The van der Waals surface area contributed by atoms with E-state index in [0.29, 0.717) is 18.6 Å². The summed E-state index contributed by atoms with van der Waals surface area (Å²) in [5.74, 6) is 2.17. The standard InChI is InChI=1S/C18H30N4O.HI/c1-4-19-18(21-12-14(2)3)22-13-15-8-7-11-20-17(15)23-16-9-5-6-10-16;/h7-8,11,14,16H,4-6,9-10,12-13H2,1-3H3,(H2,19,21,22);1H. The molecule has 2 rings (SSSR count). The van der Waals surface area contributed by atoms with Crippen LogP contribution in [-0.2, 0) is 6.54 Å². The van der Waals surface area contributed by atoms with Crippen LogP contribution in [0.1, 0.15) is 52.0 Å². The molecule has 1 aromatic heterocycles. The molecule has 0 radical (unpaired) electrons. The highest BCUT2D eigenvalue weighted by atomic mass is 127. The molecule has 1 heterocycles. The van der Waals surface area contributed by atoms with Crippen molar-refractivity contribution < 1.29 is 4.74 Å². The van der Waals surface area contributed by atoms with Crippen molar-refractivity contribution in [3.8, 4) is 5.88 Å². The molecule has 0 aliphatic heterocycles. The van der Waals surface area contributed by atoms with Gasteiger partial charge in [-0.15, -0.1) is 24.0 Å².